The maximum absolute atomic E-state index is 12.3. The van der Waals surface area contributed by atoms with E-state index in [4.69, 9.17) is 4.74 Å². The third kappa shape index (κ3) is 6.31. The van der Waals surface area contributed by atoms with Crippen molar-refractivity contribution >= 4 is 23.4 Å². The molecule has 1 aliphatic heterocycles. The maximum atomic E-state index is 12.3. The second-order valence-electron chi connectivity index (χ2n) is 6.83. The Hall–Kier alpha value is -3.42. The van der Waals surface area contributed by atoms with Gasteiger partial charge in [-0.05, 0) is 43.0 Å². The molecule has 2 N–H and O–H groups in total. The van der Waals surface area contributed by atoms with E-state index < -0.39 is 11.8 Å². The van der Waals surface area contributed by atoms with Crippen LogP contribution in [0.4, 0.5) is 5.69 Å². The fraction of sp³-hybridized carbons (Fsp3) is 0.333. The molecule has 1 fully saturated rings. The topological polar surface area (TPSA) is 101 Å². The minimum Gasteiger partial charge on any atom is -0.484 e. The van der Waals surface area contributed by atoms with Crippen molar-refractivity contribution in [2.45, 2.75) is 12.8 Å². The first-order chi connectivity index (χ1) is 14.1. The van der Waals surface area contributed by atoms with E-state index in [1.807, 2.05) is 30.3 Å². The molecule has 0 atom stereocenters. The summed E-state index contributed by atoms with van der Waals surface area (Å²) in [6.07, 6.45) is 4.59. The van der Waals surface area contributed by atoms with Gasteiger partial charge in [0.05, 0.1) is 11.9 Å². The van der Waals surface area contributed by atoms with Crippen LogP contribution in [0.2, 0.25) is 0 Å². The second kappa shape index (κ2) is 10.2. The number of piperidine rings is 1. The summed E-state index contributed by atoms with van der Waals surface area (Å²) in [5, 5.41) is 5.16. The van der Waals surface area contributed by atoms with E-state index in [1.54, 1.807) is 23.2 Å². The van der Waals surface area contributed by atoms with E-state index in [1.165, 1.54) is 6.20 Å². The summed E-state index contributed by atoms with van der Waals surface area (Å²) in [6, 6.07) is 12.6. The number of aromatic nitrogens is 1. The number of para-hydroxylation sites is 1. The predicted molar refractivity (Wildman–Crippen MR) is 107 cm³/mol. The summed E-state index contributed by atoms with van der Waals surface area (Å²) in [7, 11) is 0. The number of nitrogens with zero attached hydrogens (tertiary/aromatic N) is 2. The molecule has 1 aromatic heterocycles. The van der Waals surface area contributed by atoms with E-state index in [0.717, 1.165) is 12.8 Å². The summed E-state index contributed by atoms with van der Waals surface area (Å²) >= 11 is 0. The monoisotopic (exact) mass is 396 g/mol. The molecule has 0 spiro atoms. The van der Waals surface area contributed by atoms with Gasteiger partial charge in [0.25, 0.3) is 5.91 Å². The Balaban J connectivity index is 1.34. The molecule has 3 rings (SSSR count). The minimum absolute atomic E-state index is 0.0138. The van der Waals surface area contributed by atoms with Crippen LogP contribution in [0.15, 0.2) is 54.9 Å². The highest BCUT2D eigenvalue weighted by molar-refractivity contribution is 6.39. The van der Waals surface area contributed by atoms with Crippen molar-refractivity contribution in [3.63, 3.8) is 0 Å². The average Bonchev–Trinajstić information content (AvgIpc) is 2.77. The van der Waals surface area contributed by atoms with Crippen LogP contribution in [0.25, 0.3) is 0 Å². The molecular weight excluding hydrogens is 372 g/mol. The van der Waals surface area contributed by atoms with Gasteiger partial charge in [-0.15, -0.1) is 0 Å². The molecule has 0 radical (unpaired) electrons. The molecule has 0 saturated carbocycles. The number of carbonyl (C=O) groups excluding carboxylic acids is 3. The van der Waals surface area contributed by atoms with E-state index >= 15 is 0 Å². The lowest BCUT2D eigenvalue weighted by atomic mass is 9.96. The van der Waals surface area contributed by atoms with Crippen molar-refractivity contribution in [1.82, 2.24) is 15.2 Å². The zero-order valence-electron chi connectivity index (χ0n) is 16.0. The van der Waals surface area contributed by atoms with E-state index in [2.05, 4.69) is 15.6 Å². The SMILES string of the molecule is O=C(NCC1CCN(C(=O)COc2ccccc2)CC1)C(=O)Nc1cccnc1. The second-order valence-corrected chi connectivity index (χ2v) is 6.83. The highest BCUT2D eigenvalue weighted by Crippen LogP contribution is 2.17. The lowest BCUT2D eigenvalue weighted by molar-refractivity contribution is -0.136. The van der Waals surface area contributed by atoms with Crippen LogP contribution < -0.4 is 15.4 Å². The number of anilines is 1. The quantitative estimate of drug-likeness (QED) is 0.720. The Labute approximate surface area is 169 Å². The van der Waals surface area contributed by atoms with Crippen LogP contribution in [-0.4, -0.2) is 53.8 Å². The highest BCUT2D eigenvalue weighted by Gasteiger charge is 2.24. The van der Waals surface area contributed by atoms with Gasteiger partial charge in [-0.1, -0.05) is 18.2 Å². The molecule has 8 heteroatoms. The van der Waals surface area contributed by atoms with Gasteiger partial charge in [-0.2, -0.15) is 0 Å². The molecule has 2 aromatic rings. The van der Waals surface area contributed by atoms with Gasteiger partial charge in [-0.25, -0.2) is 0 Å². The van der Waals surface area contributed by atoms with Gasteiger partial charge < -0.3 is 20.3 Å². The number of hydrogen-bond acceptors (Lipinski definition) is 5. The first-order valence-electron chi connectivity index (χ1n) is 9.56. The minimum atomic E-state index is -0.719. The third-order valence-electron chi connectivity index (χ3n) is 4.75. The first-order valence-corrected chi connectivity index (χ1v) is 9.56. The van der Waals surface area contributed by atoms with Crippen LogP contribution in [0.1, 0.15) is 12.8 Å². The number of carbonyl (C=O) groups is 3. The summed E-state index contributed by atoms with van der Waals surface area (Å²) in [4.78, 5) is 41.8. The van der Waals surface area contributed by atoms with Gasteiger partial charge >= 0.3 is 11.8 Å². The molecule has 0 bridgehead atoms. The Morgan fingerprint density at radius 2 is 1.79 bits per heavy atom. The van der Waals surface area contributed by atoms with Crippen molar-refractivity contribution < 1.29 is 19.1 Å². The van der Waals surface area contributed by atoms with Crippen LogP contribution in [-0.2, 0) is 14.4 Å². The van der Waals surface area contributed by atoms with Gasteiger partial charge in [0, 0.05) is 25.8 Å². The first kappa shape index (κ1) is 20.3. The molecular formula is C21H24N4O4. The van der Waals surface area contributed by atoms with E-state index in [-0.39, 0.29) is 18.4 Å². The van der Waals surface area contributed by atoms with Crippen molar-refractivity contribution in [3.8, 4) is 5.75 Å². The molecule has 0 aliphatic carbocycles. The summed E-state index contributed by atoms with van der Waals surface area (Å²) in [6.45, 7) is 1.64. The standard InChI is InChI=1S/C21H24N4O4/c26-19(15-29-18-6-2-1-3-7-18)25-11-8-16(9-12-25)13-23-20(27)21(28)24-17-5-4-10-22-14-17/h1-7,10,14,16H,8-9,11-13,15H2,(H,23,27)(H,24,28). The molecule has 8 nitrogen and oxygen atoms in total. The van der Waals surface area contributed by atoms with Gasteiger partial charge in [0.1, 0.15) is 5.75 Å². The van der Waals surface area contributed by atoms with Crippen molar-refractivity contribution in [2.75, 3.05) is 31.6 Å². The molecule has 152 valence electrons. The van der Waals surface area contributed by atoms with Gasteiger partial charge in [-0.3, -0.25) is 19.4 Å². The lowest BCUT2D eigenvalue weighted by Gasteiger charge is -2.32. The molecule has 1 saturated heterocycles. The Morgan fingerprint density at radius 1 is 1.03 bits per heavy atom. The number of nitrogens with one attached hydrogen (secondary N) is 2. The zero-order chi connectivity index (χ0) is 20.5. The summed E-state index contributed by atoms with van der Waals surface area (Å²) in [5.41, 5.74) is 0.470. The van der Waals surface area contributed by atoms with E-state index in [9.17, 15) is 14.4 Å². The predicted octanol–water partition coefficient (Wildman–Crippen LogP) is 1.45. The van der Waals surface area contributed by atoms with Crippen molar-refractivity contribution in [3.05, 3.63) is 54.9 Å². The molecule has 0 unspecified atom stereocenters. The van der Waals surface area contributed by atoms with Crippen LogP contribution in [0.3, 0.4) is 0 Å². The Kier molecular flexibility index (Phi) is 7.16. The molecule has 1 aliphatic rings. The fourth-order valence-electron chi connectivity index (χ4n) is 3.08. The Bertz CT molecular complexity index is 821. The van der Waals surface area contributed by atoms with Crippen LogP contribution in [0.5, 0.6) is 5.75 Å². The number of pyridine rings is 1. The normalized spacial score (nSPS) is 14.1. The van der Waals surface area contributed by atoms with E-state index in [0.29, 0.717) is 31.1 Å². The third-order valence-corrected chi connectivity index (χ3v) is 4.75. The number of ether oxygens (including phenoxy) is 1. The fourth-order valence-corrected chi connectivity index (χ4v) is 3.08. The van der Waals surface area contributed by atoms with Crippen molar-refractivity contribution in [2.24, 2.45) is 5.92 Å². The summed E-state index contributed by atoms with van der Waals surface area (Å²) < 4.78 is 5.50. The maximum Gasteiger partial charge on any atom is 0.313 e. The van der Waals surface area contributed by atoms with Gasteiger partial charge in [0.2, 0.25) is 0 Å². The van der Waals surface area contributed by atoms with Crippen LogP contribution >= 0.6 is 0 Å². The number of benzene rings is 1. The molecule has 29 heavy (non-hydrogen) atoms. The summed E-state index contributed by atoms with van der Waals surface area (Å²) in [5.74, 6) is -0.549. The number of likely N-dealkylation sites (tertiary alicyclic amines) is 1. The number of rotatable bonds is 6. The van der Waals surface area contributed by atoms with Crippen molar-refractivity contribution in [1.29, 1.82) is 0 Å². The number of amides is 3. The molecule has 2 heterocycles. The smallest absolute Gasteiger partial charge is 0.313 e. The highest BCUT2D eigenvalue weighted by atomic mass is 16.5. The lowest BCUT2D eigenvalue weighted by Crippen LogP contribution is -2.44. The average molecular weight is 396 g/mol. The number of hydrogen-bond donors (Lipinski definition) is 2. The van der Waals surface area contributed by atoms with Crippen LogP contribution in [0, 0.1) is 5.92 Å². The Morgan fingerprint density at radius 3 is 2.48 bits per heavy atom. The van der Waals surface area contributed by atoms with Gasteiger partial charge in [0.15, 0.2) is 6.61 Å². The zero-order valence-corrected chi connectivity index (χ0v) is 16.0. The largest absolute Gasteiger partial charge is 0.484 e. The molecule has 3 amide bonds. The molecule has 1 aromatic carbocycles.